The van der Waals surface area contributed by atoms with Gasteiger partial charge in [-0.1, -0.05) is 6.92 Å². The highest BCUT2D eigenvalue weighted by atomic mass is 35.5. The lowest BCUT2D eigenvalue weighted by atomic mass is 9.92. The first-order valence-electron chi connectivity index (χ1n) is 7.88. The third-order valence-electron chi connectivity index (χ3n) is 4.17. The fourth-order valence-corrected chi connectivity index (χ4v) is 2.84. The molecule has 1 aliphatic heterocycles. The number of carbonyl (C=O) groups is 1. The summed E-state index contributed by atoms with van der Waals surface area (Å²) in [6.07, 6.45) is 2.03. The lowest BCUT2D eigenvalue weighted by Crippen LogP contribution is -2.49. The van der Waals surface area contributed by atoms with Gasteiger partial charge < -0.3 is 20.1 Å². The van der Waals surface area contributed by atoms with E-state index in [0.717, 1.165) is 25.1 Å². The SMILES string of the molecule is COCCOc1ccc(C(=O)N2CCC(C)CC2CN)cc1.Cl. The van der Waals surface area contributed by atoms with Crippen LogP contribution in [0.25, 0.3) is 0 Å². The summed E-state index contributed by atoms with van der Waals surface area (Å²) in [5.41, 5.74) is 6.53. The molecule has 0 aromatic heterocycles. The summed E-state index contributed by atoms with van der Waals surface area (Å²) in [7, 11) is 1.64. The fourth-order valence-electron chi connectivity index (χ4n) is 2.84. The normalized spacial score (nSPS) is 20.7. The predicted molar refractivity (Wildman–Crippen MR) is 93.3 cm³/mol. The van der Waals surface area contributed by atoms with Gasteiger partial charge in [-0.05, 0) is 43.0 Å². The van der Waals surface area contributed by atoms with Gasteiger partial charge >= 0.3 is 0 Å². The second-order valence-corrected chi connectivity index (χ2v) is 5.88. The van der Waals surface area contributed by atoms with Crippen molar-refractivity contribution in [2.75, 3.05) is 33.4 Å². The van der Waals surface area contributed by atoms with E-state index in [9.17, 15) is 4.79 Å². The molecule has 0 radical (unpaired) electrons. The number of benzene rings is 1. The Bertz CT molecular complexity index is 481. The minimum absolute atomic E-state index is 0. The van der Waals surface area contributed by atoms with Crippen LogP contribution in [0.2, 0.25) is 0 Å². The highest BCUT2D eigenvalue weighted by Gasteiger charge is 2.29. The van der Waals surface area contributed by atoms with Crippen molar-refractivity contribution >= 4 is 18.3 Å². The molecule has 5 nitrogen and oxygen atoms in total. The van der Waals surface area contributed by atoms with Gasteiger partial charge in [0.2, 0.25) is 0 Å². The lowest BCUT2D eigenvalue weighted by molar-refractivity contribution is 0.0573. The zero-order chi connectivity index (χ0) is 15.9. The lowest BCUT2D eigenvalue weighted by Gasteiger charge is -2.38. The van der Waals surface area contributed by atoms with Crippen molar-refractivity contribution in [3.8, 4) is 5.75 Å². The van der Waals surface area contributed by atoms with Crippen LogP contribution in [0.4, 0.5) is 0 Å². The third-order valence-corrected chi connectivity index (χ3v) is 4.17. The summed E-state index contributed by atoms with van der Waals surface area (Å²) in [5.74, 6) is 1.44. The first kappa shape index (κ1) is 19.7. The number of likely N-dealkylation sites (tertiary alicyclic amines) is 1. The average molecular weight is 343 g/mol. The van der Waals surface area contributed by atoms with Gasteiger partial charge in [-0.2, -0.15) is 0 Å². The van der Waals surface area contributed by atoms with Gasteiger partial charge in [0.25, 0.3) is 5.91 Å². The summed E-state index contributed by atoms with van der Waals surface area (Å²) in [4.78, 5) is 14.6. The van der Waals surface area contributed by atoms with E-state index in [1.54, 1.807) is 7.11 Å². The Hall–Kier alpha value is -1.30. The highest BCUT2D eigenvalue weighted by Crippen LogP contribution is 2.24. The summed E-state index contributed by atoms with van der Waals surface area (Å²) < 4.78 is 10.5. The molecule has 0 saturated carbocycles. The molecule has 0 spiro atoms. The molecule has 2 N–H and O–H groups in total. The van der Waals surface area contributed by atoms with Crippen LogP contribution in [-0.2, 0) is 4.74 Å². The topological polar surface area (TPSA) is 64.8 Å². The van der Waals surface area contributed by atoms with E-state index in [2.05, 4.69) is 6.92 Å². The van der Waals surface area contributed by atoms with Crippen molar-refractivity contribution in [1.82, 2.24) is 4.90 Å². The van der Waals surface area contributed by atoms with E-state index >= 15 is 0 Å². The van der Waals surface area contributed by atoms with Gasteiger partial charge in [0, 0.05) is 31.8 Å². The Balaban J connectivity index is 0.00000264. The first-order chi connectivity index (χ1) is 10.7. The Kier molecular flexibility index (Phi) is 8.37. The highest BCUT2D eigenvalue weighted by molar-refractivity contribution is 5.94. The molecule has 1 fully saturated rings. The van der Waals surface area contributed by atoms with Crippen LogP contribution in [0.1, 0.15) is 30.1 Å². The zero-order valence-corrected chi connectivity index (χ0v) is 14.7. The molecule has 1 aliphatic rings. The Morgan fingerprint density at radius 1 is 1.30 bits per heavy atom. The van der Waals surface area contributed by atoms with Gasteiger partial charge in [0.1, 0.15) is 12.4 Å². The number of halogens is 1. The van der Waals surface area contributed by atoms with Crippen LogP contribution in [0, 0.1) is 5.92 Å². The number of ether oxygens (including phenoxy) is 2. The van der Waals surface area contributed by atoms with Crippen molar-refractivity contribution in [3.63, 3.8) is 0 Å². The van der Waals surface area contributed by atoms with E-state index in [0.29, 0.717) is 31.2 Å². The summed E-state index contributed by atoms with van der Waals surface area (Å²) in [5, 5.41) is 0. The van der Waals surface area contributed by atoms with Crippen LogP contribution >= 0.6 is 12.4 Å². The molecule has 1 saturated heterocycles. The molecule has 0 aliphatic carbocycles. The van der Waals surface area contributed by atoms with Gasteiger partial charge in [-0.25, -0.2) is 0 Å². The van der Waals surface area contributed by atoms with Gasteiger partial charge in [0.15, 0.2) is 0 Å². The number of hydrogen-bond acceptors (Lipinski definition) is 4. The molecular weight excluding hydrogens is 316 g/mol. The third kappa shape index (κ3) is 5.37. The molecule has 130 valence electrons. The molecule has 23 heavy (non-hydrogen) atoms. The maximum Gasteiger partial charge on any atom is 0.254 e. The Morgan fingerprint density at radius 2 is 2.00 bits per heavy atom. The van der Waals surface area contributed by atoms with Crippen LogP contribution in [0.3, 0.4) is 0 Å². The van der Waals surface area contributed by atoms with Gasteiger partial charge in [-0.15, -0.1) is 12.4 Å². The quantitative estimate of drug-likeness (QED) is 0.806. The number of carbonyl (C=O) groups excluding carboxylic acids is 1. The van der Waals surface area contributed by atoms with Gasteiger partial charge in [0.05, 0.1) is 6.61 Å². The molecule has 2 unspecified atom stereocenters. The van der Waals surface area contributed by atoms with E-state index < -0.39 is 0 Å². The van der Waals surface area contributed by atoms with E-state index in [1.165, 1.54) is 0 Å². The summed E-state index contributed by atoms with van der Waals surface area (Å²) in [6.45, 7) is 4.58. The Labute approximate surface area is 144 Å². The maximum absolute atomic E-state index is 12.7. The number of hydrogen-bond donors (Lipinski definition) is 1. The fraction of sp³-hybridized carbons (Fsp3) is 0.588. The van der Waals surface area contributed by atoms with Gasteiger partial charge in [-0.3, -0.25) is 4.79 Å². The molecule has 1 heterocycles. The van der Waals surface area contributed by atoms with Crippen molar-refractivity contribution in [2.45, 2.75) is 25.8 Å². The Morgan fingerprint density at radius 3 is 2.61 bits per heavy atom. The number of rotatable bonds is 6. The van der Waals surface area contributed by atoms with E-state index in [-0.39, 0.29) is 24.4 Å². The molecule has 2 atom stereocenters. The van der Waals surface area contributed by atoms with Crippen molar-refractivity contribution < 1.29 is 14.3 Å². The molecular formula is C17H27ClN2O3. The maximum atomic E-state index is 12.7. The van der Waals surface area contributed by atoms with Crippen molar-refractivity contribution in [1.29, 1.82) is 0 Å². The average Bonchev–Trinajstić information content (AvgIpc) is 2.55. The predicted octanol–water partition coefficient (Wildman–Crippen LogP) is 2.33. The second kappa shape index (κ2) is 9.75. The van der Waals surface area contributed by atoms with Crippen molar-refractivity contribution in [3.05, 3.63) is 29.8 Å². The molecule has 1 aromatic carbocycles. The van der Waals surface area contributed by atoms with Crippen molar-refractivity contribution in [2.24, 2.45) is 11.7 Å². The molecule has 2 rings (SSSR count). The van der Waals surface area contributed by atoms with Crippen LogP contribution in [0.5, 0.6) is 5.75 Å². The zero-order valence-electron chi connectivity index (χ0n) is 13.9. The minimum atomic E-state index is 0. The molecule has 6 heteroatoms. The summed E-state index contributed by atoms with van der Waals surface area (Å²) >= 11 is 0. The van der Waals surface area contributed by atoms with Crippen LogP contribution in [0.15, 0.2) is 24.3 Å². The monoisotopic (exact) mass is 342 g/mol. The number of piperidine rings is 1. The van der Waals surface area contributed by atoms with Crippen LogP contribution in [-0.4, -0.2) is 50.3 Å². The standard InChI is InChI=1S/C17H26N2O3.ClH/c1-13-7-8-19(15(11-13)12-18)17(20)14-3-5-16(6-4-14)22-10-9-21-2;/h3-6,13,15H,7-12,18H2,1-2H3;1H. The van der Waals surface area contributed by atoms with E-state index in [1.807, 2.05) is 29.2 Å². The number of nitrogens with two attached hydrogens (primary N) is 1. The van der Waals surface area contributed by atoms with E-state index in [4.69, 9.17) is 15.2 Å². The van der Waals surface area contributed by atoms with Crippen LogP contribution < -0.4 is 10.5 Å². The molecule has 0 bridgehead atoms. The number of methoxy groups -OCH3 is 1. The first-order valence-corrected chi connectivity index (χ1v) is 7.88. The minimum Gasteiger partial charge on any atom is -0.491 e. The second-order valence-electron chi connectivity index (χ2n) is 5.88. The number of amides is 1. The number of nitrogens with zero attached hydrogens (tertiary/aromatic N) is 1. The molecule has 1 amide bonds. The largest absolute Gasteiger partial charge is 0.491 e. The summed E-state index contributed by atoms with van der Waals surface area (Å²) in [6, 6.07) is 7.43. The molecule has 1 aromatic rings. The smallest absolute Gasteiger partial charge is 0.254 e.